The summed E-state index contributed by atoms with van der Waals surface area (Å²) < 4.78 is 0. The summed E-state index contributed by atoms with van der Waals surface area (Å²) in [5.74, 6) is 1.13. The van der Waals surface area contributed by atoms with Crippen LogP contribution in [0.15, 0.2) is 11.4 Å². The lowest BCUT2D eigenvalue weighted by molar-refractivity contribution is 0.866. The summed E-state index contributed by atoms with van der Waals surface area (Å²) in [6, 6.07) is 0. The molecule has 0 atom stereocenters. The monoisotopic (exact) mass is 209 g/mol. The summed E-state index contributed by atoms with van der Waals surface area (Å²) in [6.45, 7) is 4.37. The number of hydrogen-bond donors (Lipinski definition) is 0. The van der Waals surface area contributed by atoms with Gasteiger partial charge in [0.25, 0.3) is 0 Å². The Bertz CT molecular complexity index is 321. The molecule has 1 aliphatic heterocycles. The molecule has 0 aromatic carbocycles. The standard InChI is InChI=1S/C10H15N3S/c1-8-7-11-10(14-2)12-9(8)13-5-3-4-6-13/h7H,3-6H2,1-2H3. The van der Waals surface area contributed by atoms with E-state index in [9.17, 15) is 0 Å². The van der Waals surface area contributed by atoms with Crippen molar-refractivity contribution < 1.29 is 0 Å². The van der Waals surface area contributed by atoms with Gasteiger partial charge in [-0.1, -0.05) is 11.8 Å². The van der Waals surface area contributed by atoms with Crippen LogP contribution < -0.4 is 4.90 Å². The van der Waals surface area contributed by atoms with Crippen LogP contribution in [0, 0.1) is 6.92 Å². The molecule has 76 valence electrons. The highest BCUT2D eigenvalue weighted by molar-refractivity contribution is 7.98. The first kappa shape index (κ1) is 9.77. The van der Waals surface area contributed by atoms with Crippen LogP contribution in [0.25, 0.3) is 0 Å². The molecule has 2 rings (SSSR count). The lowest BCUT2D eigenvalue weighted by Gasteiger charge is -2.18. The highest BCUT2D eigenvalue weighted by Crippen LogP contribution is 2.23. The van der Waals surface area contributed by atoms with Crippen LogP contribution in [0.2, 0.25) is 0 Å². The Morgan fingerprint density at radius 3 is 2.71 bits per heavy atom. The normalized spacial score (nSPS) is 16.3. The van der Waals surface area contributed by atoms with Crippen molar-refractivity contribution in [3.8, 4) is 0 Å². The highest BCUT2D eigenvalue weighted by atomic mass is 32.2. The molecule has 3 nitrogen and oxygen atoms in total. The highest BCUT2D eigenvalue weighted by Gasteiger charge is 2.16. The molecule has 0 bridgehead atoms. The second-order valence-electron chi connectivity index (χ2n) is 3.56. The Balaban J connectivity index is 2.29. The zero-order chi connectivity index (χ0) is 9.97. The van der Waals surface area contributed by atoms with Crippen LogP contribution in [0.4, 0.5) is 5.82 Å². The van der Waals surface area contributed by atoms with E-state index >= 15 is 0 Å². The lowest BCUT2D eigenvalue weighted by atomic mass is 10.3. The molecule has 1 saturated heterocycles. The lowest BCUT2D eigenvalue weighted by Crippen LogP contribution is -2.20. The third kappa shape index (κ3) is 1.85. The van der Waals surface area contributed by atoms with Crippen molar-refractivity contribution in [2.45, 2.75) is 24.9 Å². The van der Waals surface area contributed by atoms with Crippen molar-refractivity contribution >= 4 is 17.6 Å². The zero-order valence-corrected chi connectivity index (χ0v) is 9.47. The zero-order valence-electron chi connectivity index (χ0n) is 8.66. The van der Waals surface area contributed by atoms with Gasteiger partial charge >= 0.3 is 0 Å². The van der Waals surface area contributed by atoms with Crippen molar-refractivity contribution in [3.05, 3.63) is 11.8 Å². The van der Waals surface area contributed by atoms with E-state index in [1.807, 2.05) is 12.5 Å². The first-order valence-electron chi connectivity index (χ1n) is 4.94. The minimum Gasteiger partial charge on any atom is -0.356 e. The summed E-state index contributed by atoms with van der Waals surface area (Å²) in [6.07, 6.45) is 6.51. The molecule has 1 aromatic rings. The van der Waals surface area contributed by atoms with Crippen LogP contribution in [0.1, 0.15) is 18.4 Å². The maximum atomic E-state index is 4.55. The summed E-state index contributed by atoms with van der Waals surface area (Å²) in [7, 11) is 0. The third-order valence-electron chi connectivity index (χ3n) is 2.51. The van der Waals surface area contributed by atoms with E-state index in [-0.39, 0.29) is 0 Å². The van der Waals surface area contributed by atoms with Crippen LogP contribution in [0.3, 0.4) is 0 Å². The SMILES string of the molecule is CSc1ncc(C)c(N2CCCC2)n1. The fraction of sp³-hybridized carbons (Fsp3) is 0.600. The minimum atomic E-state index is 0.873. The number of hydrogen-bond acceptors (Lipinski definition) is 4. The molecule has 0 saturated carbocycles. The maximum Gasteiger partial charge on any atom is 0.189 e. The molecule has 1 aromatic heterocycles. The molecular weight excluding hydrogens is 194 g/mol. The third-order valence-corrected chi connectivity index (χ3v) is 3.07. The van der Waals surface area contributed by atoms with Crippen LogP contribution >= 0.6 is 11.8 Å². The van der Waals surface area contributed by atoms with Crippen molar-refractivity contribution in [1.82, 2.24) is 9.97 Å². The predicted octanol–water partition coefficient (Wildman–Crippen LogP) is 2.11. The number of anilines is 1. The fourth-order valence-corrected chi connectivity index (χ4v) is 2.10. The van der Waals surface area contributed by atoms with Crippen LogP contribution in [-0.2, 0) is 0 Å². The van der Waals surface area contributed by atoms with Crippen molar-refractivity contribution in [3.63, 3.8) is 0 Å². The van der Waals surface area contributed by atoms with Gasteiger partial charge in [0.15, 0.2) is 5.16 Å². The molecule has 4 heteroatoms. The number of aromatic nitrogens is 2. The van der Waals surface area contributed by atoms with Gasteiger partial charge in [-0.05, 0) is 26.0 Å². The molecule has 1 fully saturated rings. The number of thioether (sulfide) groups is 1. The van der Waals surface area contributed by atoms with Crippen LogP contribution in [0.5, 0.6) is 0 Å². The number of rotatable bonds is 2. The maximum absolute atomic E-state index is 4.55. The Morgan fingerprint density at radius 1 is 1.36 bits per heavy atom. The second kappa shape index (κ2) is 4.17. The molecule has 0 amide bonds. The molecule has 0 N–H and O–H groups in total. The van der Waals surface area contributed by atoms with Gasteiger partial charge in [0.1, 0.15) is 5.82 Å². The van der Waals surface area contributed by atoms with E-state index in [2.05, 4.69) is 21.8 Å². The van der Waals surface area contributed by atoms with Gasteiger partial charge in [-0.2, -0.15) is 0 Å². The van der Waals surface area contributed by atoms with Crippen molar-refractivity contribution in [1.29, 1.82) is 0 Å². The summed E-state index contributed by atoms with van der Waals surface area (Å²) in [4.78, 5) is 11.2. The largest absolute Gasteiger partial charge is 0.356 e. The van der Waals surface area contributed by atoms with Crippen molar-refractivity contribution in [2.75, 3.05) is 24.2 Å². The number of nitrogens with zero attached hydrogens (tertiary/aromatic N) is 3. The van der Waals surface area contributed by atoms with Gasteiger partial charge < -0.3 is 4.90 Å². The predicted molar refractivity (Wildman–Crippen MR) is 60.0 cm³/mol. The average molecular weight is 209 g/mol. The van der Waals surface area contributed by atoms with E-state index < -0.39 is 0 Å². The van der Waals surface area contributed by atoms with Gasteiger partial charge in [-0.3, -0.25) is 0 Å². The Kier molecular flexibility index (Phi) is 2.91. The fourth-order valence-electron chi connectivity index (χ4n) is 1.76. The van der Waals surface area contributed by atoms with E-state index in [0.717, 1.165) is 24.1 Å². The number of aryl methyl sites for hydroxylation is 1. The van der Waals surface area contributed by atoms with Gasteiger partial charge in [0.2, 0.25) is 0 Å². The second-order valence-corrected chi connectivity index (χ2v) is 4.33. The van der Waals surface area contributed by atoms with Gasteiger partial charge in [-0.25, -0.2) is 9.97 Å². The average Bonchev–Trinajstić information content (AvgIpc) is 2.71. The van der Waals surface area contributed by atoms with E-state index in [1.165, 1.54) is 18.4 Å². The molecule has 1 aliphatic rings. The van der Waals surface area contributed by atoms with E-state index in [4.69, 9.17) is 0 Å². The molecule has 2 heterocycles. The van der Waals surface area contributed by atoms with Gasteiger partial charge in [0.05, 0.1) is 0 Å². The Labute approximate surface area is 88.9 Å². The van der Waals surface area contributed by atoms with Crippen LogP contribution in [-0.4, -0.2) is 29.3 Å². The minimum absolute atomic E-state index is 0.873. The van der Waals surface area contributed by atoms with Crippen molar-refractivity contribution in [2.24, 2.45) is 0 Å². The first-order chi connectivity index (χ1) is 6.81. The summed E-state index contributed by atoms with van der Waals surface area (Å²) in [5, 5.41) is 0.873. The summed E-state index contributed by atoms with van der Waals surface area (Å²) >= 11 is 1.60. The molecule has 0 radical (unpaired) electrons. The van der Waals surface area contributed by atoms with Gasteiger partial charge in [-0.15, -0.1) is 0 Å². The Hall–Kier alpha value is -0.770. The smallest absolute Gasteiger partial charge is 0.189 e. The molecule has 0 unspecified atom stereocenters. The quantitative estimate of drug-likeness (QED) is 0.551. The topological polar surface area (TPSA) is 29.0 Å². The Morgan fingerprint density at radius 2 is 2.07 bits per heavy atom. The van der Waals surface area contributed by atoms with E-state index in [1.54, 1.807) is 11.8 Å². The first-order valence-corrected chi connectivity index (χ1v) is 6.16. The molecular formula is C10H15N3S. The van der Waals surface area contributed by atoms with Gasteiger partial charge in [0, 0.05) is 24.8 Å². The molecule has 0 spiro atoms. The van der Waals surface area contributed by atoms with E-state index in [0.29, 0.717) is 0 Å². The molecule has 14 heavy (non-hydrogen) atoms. The molecule has 0 aliphatic carbocycles. The summed E-state index contributed by atoms with van der Waals surface area (Å²) in [5.41, 5.74) is 1.18.